The lowest BCUT2D eigenvalue weighted by Gasteiger charge is -2.27. The van der Waals surface area contributed by atoms with Gasteiger partial charge >= 0.3 is 5.97 Å². The molecule has 0 aromatic heterocycles. The molecule has 1 heterocycles. The second kappa shape index (κ2) is 8.03. The van der Waals surface area contributed by atoms with E-state index in [0.717, 1.165) is 5.56 Å². The van der Waals surface area contributed by atoms with E-state index in [4.69, 9.17) is 10.3 Å². The zero-order valence-electron chi connectivity index (χ0n) is 14.9. The highest BCUT2D eigenvalue weighted by Crippen LogP contribution is 2.28. The van der Waals surface area contributed by atoms with Gasteiger partial charge in [-0.15, -0.1) is 0 Å². The first-order chi connectivity index (χ1) is 11.8. The van der Waals surface area contributed by atoms with Crippen LogP contribution >= 0.6 is 0 Å². The number of hydrogen-bond donors (Lipinski definition) is 0. The number of azide groups is 1. The molecule has 25 heavy (non-hydrogen) atoms. The Morgan fingerprint density at radius 3 is 2.60 bits per heavy atom. The van der Waals surface area contributed by atoms with Crippen LogP contribution in [0.15, 0.2) is 35.4 Å². The van der Waals surface area contributed by atoms with Crippen molar-refractivity contribution in [1.29, 1.82) is 0 Å². The standard InChI is InChI=1S/C18H24N4O3/c1-18(2,3)25-16(23)12-22-11-14(13-7-5-4-6-8-13)9-10-15(17(22)24)20-21-19/h4-8,14-15H,9-12H2,1-3H3/t14-,15+/m1/s1. The van der Waals surface area contributed by atoms with E-state index in [1.807, 2.05) is 30.3 Å². The van der Waals surface area contributed by atoms with Gasteiger partial charge in [0.15, 0.2) is 0 Å². The van der Waals surface area contributed by atoms with Gasteiger partial charge in [0.1, 0.15) is 18.2 Å². The zero-order chi connectivity index (χ0) is 18.4. The molecule has 1 fully saturated rings. The largest absolute Gasteiger partial charge is 0.459 e. The predicted molar refractivity (Wildman–Crippen MR) is 93.8 cm³/mol. The number of nitrogens with zero attached hydrogens (tertiary/aromatic N) is 4. The highest BCUT2D eigenvalue weighted by molar-refractivity contribution is 5.86. The Bertz CT molecular complexity index is 663. The zero-order valence-corrected chi connectivity index (χ0v) is 14.9. The SMILES string of the molecule is CC(C)(C)OC(=O)CN1C[C@H](c2ccccc2)CC[C@H](N=[N+]=[N-])C1=O. The molecular weight excluding hydrogens is 320 g/mol. The van der Waals surface area contributed by atoms with Crippen molar-refractivity contribution in [3.8, 4) is 0 Å². The van der Waals surface area contributed by atoms with Crippen LogP contribution in [0.1, 0.15) is 45.1 Å². The number of benzene rings is 1. The maximum Gasteiger partial charge on any atom is 0.326 e. The maximum absolute atomic E-state index is 12.7. The third kappa shape index (κ3) is 5.50. The van der Waals surface area contributed by atoms with Crippen LogP contribution in [0, 0.1) is 0 Å². The molecule has 7 heteroatoms. The average Bonchev–Trinajstić information content (AvgIpc) is 2.68. The van der Waals surface area contributed by atoms with E-state index in [2.05, 4.69) is 10.0 Å². The second-order valence-corrected chi connectivity index (χ2v) is 7.21. The molecule has 1 aliphatic rings. The lowest BCUT2D eigenvalue weighted by atomic mass is 9.94. The highest BCUT2D eigenvalue weighted by Gasteiger charge is 2.33. The van der Waals surface area contributed by atoms with Gasteiger partial charge in [-0.2, -0.15) is 0 Å². The fourth-order valence-electron chi connectivity index (χ4n) is 2.98. The minimum atomic E-state index is -0.777. The summed E-state index contributed by atoms with van der Waals surface area (Å²) in [6.07, 6.45) is 1.18. The number of ether oxygens (including phenoxy) is 1. The Labute approximate surface area is 147 Å². The third-order valence-electron chi connectivity index (χ3n) is 4.03. The molecule has 0 aliphatic carbocycles. The van der Waals surface area contributed by atoms with Crippen molar-refractivity contribution < 1.29 is 14.3 Å². The summed E-state index contributed by atoms with van der Waals surface area (Å²) in [5, 5.41) is 3.62. The first kappa shape index (κ1) is 18.8. The molecule has 7 nitrogen and oxygen atoms in total. The fourth-order valence-corrected chi connectivity index (χ4v) is 2.98. The molecule has 0 radical (unpaired) electrons. The lowest BCUT2D eigenvalue weighted by molar-refractivity contribution is -0.159. The van der Waals surface area contributed by atoms with E-state index in [0.29, 0.717) is 19.4 Å². The van der Waals surface area contributed by atoms with Crippen LogP contribution in [0.5, 0.6) is 0 Å². The number of esters is 1. The quantitative estimate of drug-likeness (QED) is 0.362. The van der Waals surface area contributed by atoms with Crippen molar-refractivity contribution in [3.05, 3.63) is 46.3 Å². The smallest absolute Gasteiger partial charge is 0.326 e. The predicted octanol–water partition coefficient (Wildman–Crippen LogP) is 3.41. The van der Waals surface area contributed by atoms with Crippen LogP contribution in [-0.4, -0.2) is 41.5 Å². The van der Waals surface area contributed by atoms with Crippen LogP contribution < -0.4 is 0 Å². The number of likely N-dealkylation sites (tertiary alicyclic amines) is 1. The van der Waals surface area contributed by atoms with Gasteiger partial charge in [-0.1, -0.05) is 35.4 Å². The van der Waals surface area contributed by atoms with Gasteiger partial charge in [0.2, 0.25) is 5.91 Å². The molecule has 134 valence electrons. The summed E-state index contributed by atoms with van der Waals surface area (Å²) >= 11 is 0. The summed E-state index contributed by atoms with van der Waals surface area (Å²) in [6.45, 7) is 5.61. The van der Waals surface area contributed by atoms with Crippen LogP contribution in [-0.2, 0) is 14.3 Å². The van der Waals surface area contributed by atoms with Crippen molar-refractivity contribution in [3.63, 3.8) is 0 Å². The summed E-state index contributed by atoms with van der Waals surface area (Å²) in [5.74, 6) is -0.692. The van der Waals surface area contributed by atoms with Crippen molar-refractivity contribution in [2.45, 2.75) is 51.2 Å². The normalized spacial score (nSPS) is 21.2. The average molecular weight is 344 g/mol. The van der Waals surface area contributed by atoms with Crippen molar-refractivity contribution in [1.82, 2.24) is 4.90 Å². The minimum absolute atomic E-state index is 0.0893. The lowest BCUT2D eigenvalue weighted by Crippen LogP contribution is -2.43. The Morgan fingerprint density at radius 1 is 1.32 bits per heavy atom. The molecule has 1 saturated heterocycles. The van der Waals surface area contributed by atoms with Gasteiger partial charge in [-0.05, 0) is 44.7 Å². The molecule has 0 bridgehead atoms. The number of rotatable bonds is 4. The number of hydrogen-bond acceptors (Lipinski definition) is 4. The van der Waals surface area contributed by atoms with E-state index in [1.54, 1.807) is 20.8 Å². The summed E-state index contributed by atoms with van der Waals surface area (Å²) in [7, 11) is 0. The highest BCUT2D eigenvalue weighted by atomic mass is 16.6. The Hall–Kier alpha value is -2.53. The molecule has 2 atom stereocenters. The number of carbonyl (C=O) groups is 2. The van der Waals surface area contributed by atoms with Gasteiger partial charge in [-0.3, -0.25) is 9.59 Å². The summed E-state index contributed by atoms with van der Waals surface area (Å²) in [5.41, 5.74) is 9.21. The minimum Gasteiger partial charge on any atom is -0.459 e. The monoisotopic (exact) mass is 344 g/mol. The molecule has 1 aliphatic heterocycles. The Balaban J connectivity index is 2.21. The fraction of sp³-hybridized carbons (Fsp3) is 0.556. The topological polar surface area (TPSA) is 95.4 Å². The van der Waals surface area contributed by atoms with E-state index in [-0.39, 0.29) is 18.4 Å². The molecule has 0 N–H and O–H groups in total. The molecule has 1 amide bonds. The van der Waals surface area contributed by atoms with Crippen LogP contribution in [0.25, 0.3) is 10.4 Å². The van der Waals surface area contributed by atoms with Gasteiger partial charge in [-0.25, -0.2) is 0 Å². The van der Waals surface area contributed by atoms with Crippen molar-refractivity contribution >= 4 is 11.9 Å². The molecule has 1 aromatic carbocycles. The molecule has 0 unspecified atom stereocenters. The van der Waals surface area contributed by atoms with Gasteiger partial charge in [0.25, 0.3) is 0 Å². The first-order valence-corrected chi connectivity index (χ1v) is 8.40. The van der Waals surface area contributed by atoms with E-state index < -0.39 is 17.6 Å². The second-order valence-electron chi connectivity index (χ2n) is 7.21. The Morgan fingerprint density at radius 2 is 2.00 bits per heavy atom. The van der Waals surface area contributed by atoms with Crippen molar-refractivity contribution in [2.75, 3.05) is 13.1 Å². The van der Waals surface area contributed by atoms with E-state index in [1.165, 1.54) is 4.90 Å². The summed E-state index contributed by atoms with van der Waals surface area (Å²) in [4.78, 5) is 29.1. The number of carbonyl (C=O) groups excluding carboxylic acids is 2. The van der Waals surface area contributed by atoms with E-state index >= 15 is 0 Å². The van der Waals surface area contributed by atoms with E-state index in [9.17, 15) is 9.59 Å². The van der Waals surface area contributed by atoms with Gasteiger partial charge < -0.3 is 9.64 Å². The van der Waals surface area contributed by atoms with Crippen LogP contribution in [0.4, 0.5) is 0 Å². The third-order valence-corrected chi connectivity index (χ3v) is 4.03. The maximum atomic E-state index is 12.7. The first-order valence-electron chi connectivity index (χ1n) is 8.40. The van der Waals surface area contributed by atoms with Gasteiger partial charge in [0.05, 0.1) is 0 Å². The molecule has 2 rings (SSSR count). The molecule has 1 aromatic rings. The number of amides is 1. The van der Waals surface area contributed by atoms with Crippen LogP contribution in [0.2, 0.25) is 0 Å². The summed E-state index contributed by atoms with van der Waals surface area (Å²) in [6, 6.07) is 9.08. The van der Waals surface area contributed by atoms with Crippen LogP contribution in [0.3, 0.4) is 0 Å². The van der Waals surface area contributed by atoms with Crippen molar-refractivity contribution in [2.24, 2.45) is 5.11 Å². The molecule has 0 saturated carbocycles. The molecule has 0 spiro atoms. The molecular formula is C18H24N4O3. The van der Waals surface area contributed by atoms with Gasteiger partial charge in [0, 0.05) is 17.4 Å². The Kier molecular flexibility index (Phi) is 6.04. The summed E-state index contributed by atoms with van der Waals surface area (Å²) < 4.78 is 5.33.